The van der Waals surface area contributed by atoms with Crippen LogP contribution in [-0.4, -0.2) is 10.1 Å². The predicted octanol–water partition coefficient (Wildman–Crippen LogP) is 4.66. The van der Waals surface area contributed by atoms with Gasteiger partial charge in [0.25, 0.3) is 0 Å². The molecule has 0 spiro atoms. The molecule has 102 valence electrons. The average Bonchev–Trinajstić information content (AvgIpc) is 2.96. The second-order valence-electron chi connectivity index (χ2n) is 4.14. The second kappa shape index (κ2) is 5.09. The van der Waals surface area contributed by atoms with E-state index in [9.17, 15) is 0 Å². The zero-order chi connectivity index (χ0) is 14.3. The van der Waals surface area contributed by atoms with Gasteiger partial charge in [0.05, 0.1) is 20.5 Å². The van der Waals surface area contributed by atoms with Crippen molar-refractivity contribution >= 4 is 40.4 Å². The van der Waals surface area contributed by atoms with Crippen LogP contribution in [-0.2, 0) is 0 Å². The zero-order valence-electron chi connectivity index (χ0n) is 10.4. The number of nitrogen functional groups attached to an aromatic ring is 1. The minimum absolute atomic E-state index is 0.287. The van der Waals surface area contributed by atoms with Gasteiger partial charge in [0.2, 0.25) is 0 Å². The SMILES string of the molecule is Cc1ncc(-c2onc(N)c2-c2ccc(Cl)cc2Cl)s1. The Morgan fingerprint density at radius 1 is 1.30 bits per heavy atom. The Morgan fingerprint density at radius 3 is 2.75 bits per heavy atom. The molecule has 2 N–H and O–H groups in total. The third-order valence-corrected chi connectivity index (χ3v) is 4.22. The van der Waals surface area contributed by atoms with Crippen LogP contribution in [0.1, 0.15) is 5.01 Å². The first-order valence-electron chi connectivity index (χ1n) is 5.69. The quantitative estimate of drug-likeness (QED) is 0.744. The monoisotopic (exact) mass is 325 g/mol. The van der Waals surface area contributed by atoms with Crippen LogP contribution in [0.3, 0.4) is 0 Å². The van der Waals surface area contributed by atoms with Crippen LogP contribution in [0.25, 0.3) is 21.8 Å². The maximum Gasteiger partial charge on any atom is 0.188 e. The first-order chi connectivity index (χ1) is 9.56. The Labute approximate surface area is 129 Å². The van der Waals surface area contributed by atoms with Crippen molar-refractivity contribution < 1.29 is 4.52 Å². The number of rotatable bonds is 2. The highest BCUT2D eigenvalue weighted by atomic mass is 35.5. The molecule has 0 fully saturated rings. The van der Waals surface area contributed by atoms with Crippen molar-refractivity contribution in [2.45, 2.75) is 6.92 Å². The van der Waals surface area contributed by atoms with Crippen molar-refractivity contribution in [3.05, 3.63) is 39.4 Å². The molecule has 3 rings (SSSR count). The Balaban J connectivity index is 2.21. The standard InChI is InChI=1S/C13H9Cl2N3OS/c1-6-17-5-10(20-6)12-11(13(16)18-19-12)8-3-2-7(14)4-9(8)15/h2-5H,1H3,(H2,16,18). The summed E-state index contributed by atoms with van der Waals surface area (Å²) in [6.45, 7) is 1.92. The van der Waals surface area contributed by atoms with Crippen LogP contribution in [0.4, 0.5) is 5.82 Å². The molecule has 0 bridgehead atoms. The molecule has 7 heteroatoms. The fourth-order valence-electron chi connectivity index (χ4n) is 1.89. The van der Waals surface area contributed by atoms with Crippen LogP contribution in [0.5, 0.6) is 0 Å². The van der Waals surface area contributed by atoms with E-state index in [0.29, 0.717) is 21.4 Å². The number of anilines is 1. The summed E-state index contributed by atoms with van der Waals surface area (Å²) in [5.74, 6) is 0.854. The summed E-state index contributed by atoms with van der Waals surface area (Å²) in [4.78, 5) is 5.06. The highest BCUT2D eigenvalue weighted by Crippen LogP contribution is 2.42. The molecule has 0 aliphatic carbocycles. The van der Waals surface area contributed by atoms with Gasteiger partial charge in [-0.15, -0.1) is 11.3 Å². The summed E-state index contributed by atoms with van der Waals surface area (Å²) in [7, 11) is 0. The normalized spacial score (nSPS) is 10.9. The maximum absolute atomic E-state index is 6.24. The molecule has 0 radical (unpaired) electrons. The van der Waals surface area contributed by atoms with Gasteiger partial charge in [-0.25, -0.2) is 4.98 Å². The second-order valence-corrected chi connectivity index (χ2v) is 6.22. The van der Waals surface area contributed by atoms with E-state index in [1.54, 1.807) is 24.4 Å². The number of benzene rings is 1. The van der Waals surface area contributed by atoms with E-state index in [1.807, 2.05) is 6.92 Å². The maximum atomic E-state index is 6.24. The minimum atomic E-state index is 0.287. The lowest BCUT2D eigenvalue weighted by molar-refractivity contribution is 0.437. The molecule has 0 saturated heterocycles. The van der Waals surface area contributed by atoms with Crippen molar-refractivity contribution in [2.75, 3.05) is 5.73 Å². The highest BCUT2D eigenvalue weighted by molar-refractivity contribution is 7.15. The lowest BCUT2D eigenvalue weighted by Crippen LogP contribution is -1.89. The first kappa shape index (κ1) is 13.4. The number of aromatic nitrogens is 2. The summed E-state index contributed by atoms with van der Waals surface area (Å²) in [5, 5.41) is 5.82. The first-order valence-corrected chi connectivity index (χ1v) is 7.27. The van der Waals surface area contributed by atoms with Crippen LogP contribution in [0, 0.1) is 6.92 Å². The smallest absolute Gasteiger partial charge is 0.188 e. The Hall–Kier alpha value is -1.56. The molecule has 3 aromatic rings. The summed E-state index contributed by atoms with van der Waals surface area (Å²) in [6, 6.07) is 5.20. The van der Waals surface area contributed by atoms with Crippen molar-refractivity contribution in [3.8, 4) is 21.8 Å². The van der Waals surface area contributed by atoms with Crippen LogP contribution in [0.15, 0.2) is 28.9 Å². The largest absolute Gasteiger partial charge is 0.380 e. The van der Waals surface area contributed by atoms with E-state index in [4.69, 9.17) is 33.5 Å². The molecule has 0 atom stereocenters. The third-order valence-electron chi connectivity index (χ3n) is 2.76. The predicted molar refractivity (Wildman–Crippen MR) is 82.2 cm³/mol. The fourth-order valence-corrected chi connectivity index (χ4v) is 3.15. The van der Waals surface area contributed by atoms with Crippen LogP contribution in [0.2, 0.25) is 10.0 Å². The molecule has 0 aliphatic heterocycles. The van der Waals surface area contributed by atoms with Crippen molar-refractivity contribution in [1.29, 1.82) is 0 Å². The number of hydrogen-bond donors (Lipinski definition) is 1. The van der Waals surface area contributed by atoms with Crippen molar-refractivity contribution in [1.82, 2.24) is 10.1 Å². The number of halogens is 2. The Kier molecular flexibility index (Phi) is 3.41. The van der Waals surface area contributed by atoms with Crippen LogP contribution < -0.4 is 5.73 Å². The van der Waals surface area contributed by atoms with Gasteiger partial charge in [-0.1, -0.05) is 34.4 Å². The molecule has 2 heterocycles. The fraction of sp³-hybridized carbons (Fsp3) is 0.0769. The van der Waals surface area contributed by atoms with E-state index >= 15 is 0 Å². The van der Waals surface area contributed by atoms with Gasteiger partial charge < -0.3 is 10.3 Å². The molecule has 0 unspecified atom stereocenters. The van der Waals surface area contributed by atoms with E-state index < -0.39 is 0 Å². The van der Waals surface area contributed by atoms with E-state index in [2.05, 4.69) is 10.1 Å². The number of nitrogens with two attached hydrogens (primary N) is 1. The number of nitrogens with zero attached hydrogens (tertiary/aromatic N) is 2. The van der Waals surface area contributed by atoms with Crippen LogP contribution >= 0.6 is 34.5 Å². The van der Waals surface area contributed by atoms with Gasteiger partial charge in [-0.05, 0) is 19.1 Å². The summed E-state index contributed by atoms with van der Waals surface area (Å²) >= 11 is 13.7. The van der Waals surface area contributed by atoms with Gasteiger partial charge in [-0.3, -0.25) is 0 Å². The highest BCUT2D eigenvalue weighted by Gasteiger charge is 2.21. The van der Waals surface area contributed by atoms with Gasteiger partial charge >= 0.3 is 0 Å². The van der Waals surface area contributed by atoms with E-state index in [1.165, 1.54) is 11.3 Å². The Morgan fingerprint density at radius 2 is 2.10 bits per heavy atom. The molecule has 0 amide bonds. The third kappa shape index (κ3) is 2.28. The summed E-state index contributed by atoms with van der Waals surface area (Å²) in [6.07, 6.45) is 1.73. The number of aryl methyl sites for hydroxylation is 1. The molecule has 2 aromatic heterocycles. The minimum Gasteiger partial charge on any atom is -0.380 e. The van der Waals surface area contributed by atoms with Crippen molar-refractivity contribution in [2.24, 2.45) is 0 Å². The molecular formula is C13H9Cl2N3OS. The van der Waals surface area contributed by atoms with Gasteiger partial charge in [0.1, 0.15) is 0 Å². The van der Waals surface area contributed by atoms with Gasteiger partial charge in [0, 0.05) is 16.8 Å². The summed E-state index contributed by atoms with van der Waals surface area (Å²) in [5.41, 5.74) is 7.31. The zero-order valence-corrected chi connectivity index (χ0v) is 12.7. The molecule has 0 saturated carbocycles. The molecule has 20 heavy (non-hydrogen) atoms. The number of thiazole rings is 1. The topological polar surface area (TPSA) is 64.9 Å². The van der Waals surface area contributed by atoms with E-state index in [0.717, 1.165) is 15.4 Å². The summed E-state index contributed by atoms with van der Waals surface area (Å²) < 4.78 is 5.34. The van der Waals surface area contributed by atoms with Gasteiger partial charge in [0.15, 0.2) is 11.6 Å². The molecule has 0 aliphatic rings. The van der Waals surface area contributed by atoms with Crippen molar-refractivity contribution in [3.63, 3.8) is 0 Å². The lowest BCUT2D eigenvalue weighted by Gasteiger charge is -2.04. The van der Waals surface area contributed by atoms with E-state index in [-0.39, 0.29) is 5.82 Å². The lowest BCUT2D eigenvalue weighted by atomic mass is 10.1. The van der Waals surface area contributed by atoms with Gasteiger partial charge in [-0.2, -0.15) is 0 Å². The molecular weight excluding hydrogens is 317 g/mol. The average molecular weight is 326 g/mol. The Bertz CT molecular complexity index is 782. The number of hydrogen-bond acceptors (Lipinski definition) is 5. The molecule has 4 nitrogen and oxygen atoms in total. The molecule has 1 aromatic carbocycles.